The van der Waals surface area contributed by atoms with Crippen LogP contribution in [0.25, 0.3) is 11.3 Å². The van der Waals surface area contributed by atoms with Gasteiger partial charge in [0.1, 0.15) is 0 Å². The van der Waals surface area contributed by atoms with Gasteiger partial charge in [-0.25, -0.2) is 8.42 Å². The van der Waals surface area contributed by atoms with Gasteiger partial charge in [-0.3, -0.25) is 14.5 Å². The second-order valence-corrected chi connectivity index (χ2v) is 9.82. The van der Waals surface area contributed by atoms with Gasteiger partial charge < -0.3 is 9.64 Å². The quantitative estimate of drug-likeness (QED) is 0.697. The van der Waals surface area contributed by atoms with E-state index in [0.717, 1.165) is 31.4 Å². The van der Waals surface area contributed by atoms with Crippen LogP contribution in [0.2, 0.25) is 0 Å². The molecule has 2 aliphatic rings. The van der Waals surface area contributed by atoms with Gasteiger partial charge in [0.25, 0.3) is 5.91 Å². The van der Waals surface area contributed by atoms with Gasteiger partial charge in [0.05, 0.1) is 35.6 Å². The molecule has 1 saturated heterocycles. The zero-order valence-corrected chi connectivity index (χ0v) is 18.3. The second kappa shape index (κ2) is 8.47. The Balaban J connectivity index is 1.89. The summed E-state index contributed by atoms with van der Waals surface area (Å²) < 4.78 is 33.2. The number of nitrogens with zero attached hydrogens (tertiary/aromatic N) is 4. The first-order chi connectivity index (χ1) is 14.5. The molecule has 30 heavy (non-hydrogen) atoms. The summed E-state index contributed by atoms with van der Waals surface area (Å²) in [7, 11) is -3.59. The Morgan fingerprint density at radius 1 is 1.27 bits per heavy atom. The lowest BCUT2D eigenvalue weighted by atomic mass is 10.0. The Kier molecular flexibility index (Phi) is 5.92. The summed E-state index contributed by atoms with van der Waals surface area (Å²) in [6.07, 6.45) is 6.89. The first-order valence-corrected chi connectivity index (χ1v) is 12.3. The first kappa shape index (κ1) is 21.0. The summed E-state index contributed by atoms with van der Waals surface area (Å²) in [4.78, 5) is 19.3. The number of carbonyl (C=O) groups excluding carboxylic acids is 1. The van der Waals surface area contributed by atoms with Crippen LogP contribution in [0.1, 0.15) is 61.6 Å². The predicted molar refractivity (Wildman–Crippen MR) is 112 cm³/mol. The maximum Gasteiger partial charge on any atom is 0.274 e. The van der Waals surface area contributed by atoms with Gasteiger partial charge in [-0.1, -0.05) is 26.7 Å². The van der Waals surface area contributed by atoms with Crippen LogP contribution in [-0.2, 0) is 20.3 Å². The fourth-order valence-corrected chi connectivity index (χ4v) is 5.80. The molecule has 0 radical (unpaired) electrons. The molecule has 4 heterocycles. The van der Waals surface area contributed by atoms with Crippen molar-refractivity contribution in [1.29, 1.82) is 0 Å². The number of carbonyl (C=O) groups is 1. The van der Waals surface area contributed by atoms with Gasteiger partial charge in [-0.15, -0.1) is 0 Å². The van der Waals surface area contributed by atoms with Gasteiger partial charge in [-0.2, -0.15) is 5.10 Å². The minimum Gasteiger partial charge on any atom is -0.378 e. The smallest absolute Gasteiger partial charge is 0.274 e. The van der Waals surface area contributed by atoms with E-state index in [-0.39, 0.29) is 28.3 Å². The third kappa shape index (κ3) is 3.65. The standard InChI is InChI=1S/C21H28N4O4S/c1-3-5-6-15(4-2)25-20-16-7-8-22-13-18(16)30(27,28)14-17(20)19(23-25)21(26)24-9-11-29-12-10-24/h7-8,13,15H,3-6,9-12,14H2,1-2H3. The molecule has 2 aromatic heterocycles. The Bertz CT molecular complexity index is 1040. The zero-order chi connectivity index (χ0) is 21.3. The van der Waals surface area contributed by atoms with Crippen molar-refractivity contribution in [3.63, 3.8) is 0 Å². The number of aromatic nitrogens is 3. The van der Waals surface area contributed by atoms with E-state index in [1.807, 2.05) is 4.68 Å². The molecular weight excluding hydrogens is 404 g/mol. The van der Waals surface area contributed by atoms with E-state index in [2.05, 4.69) is 18.8 Å². The maximum absolute atomic E-state index is 13.3. The van der Waals surface area contributed by atoms with Crippen LogP contribution in [0.4, 0.5) is 0 Å². The van der Waals surface area contributed by atoms with E-state index in [0.29, 0.717) is 37.4 Å². The molecule has 1 atom stereocenters. The maximum atomic E-state index is 13.3. The van der Waals surface area contributed by atoms with E-state index in [9.17, 15) is 13.2 Å². The van der Waals surface area contributed by atoms with Gasteiger partial charge in [0.15, 0.2) is 15.5 Å². The molecular formula is C21H28N4O4S. The van der Waals surface area contributed by atoms with Crippen molar-refractivity contribution in [2.75, 3.05) is 26.3 Å². The molecule has 4 rings (SSSR count). The lowest BCUT2D eigenvalue weighted by Crippen LogP contribution is -2.41. The molecule has 2 aliphatic heterocycles. The lowest BCUT2D eigenvalue weighted by Gasteiger charge is -2.26. The van der Waals surface area contributed by atoms with E-state index in [1.165, 1.54) is 6.20 Å². The molecule has 1 amide bonds. The third-order valence-corrected chi connectivity index (χ3v) is 7.59. The number of morpholine rings is 1. The highest BCUT2D eigenvalue weighted by atomic mass is 32.2. The van der Waals surface area contributed by atoms with Crippen molar-refractivity contribution in [3.8, 4) is 11.3 Å². The lowest BCUT2D eigenvalue weighted by molar-refractivity contribution is 0.0297. The number of pyridine rings is 1. The van der Waals surface area contributed by atoms with Crippen LogP contribution < -0.4 is 0 Å². The highest BCUT2D eigenvalue weighted by molar-refractivity contribution is 7.90. The molecule has 0 aliphatic carbocycles. The number of hydrogen-bond acceptors (Lipinski definition) is 6. The molecule has 1 fully saturated rings. The van der Waals surface area contributed by atoms with E-state index in [1.54, 1.807) is 17.2 Å². The monoisotopic (exact) mass is 432 g/mol. The largest absolute Gasteiger partial charge is 0.378 e. The molecule has 9 heteroatoms. The average Bonchev–Trinajstić information content (AvgIpc) is 3.13. The van der Waals surface area contributed by atoms with Crippen molar-refractivity contribution < 1.29 is 17.9 Å². The van der Waals surface area contributed by atoms with Crippen molar-refractivity contribution in [1.82, 2.24) is 19.7 Å². The Morgan fingerprint density at radius 2 is 2.03 bits per heavy atom. The Labute approximate surface area is 177 Å². The number of rotatable bonds is 6. The third-order valence-electron chi connectivity index (χ3n) is 5.93. The van der Waals surface area contributed by atoms with Crippen molar-refractivity contribution in [2.45, 2.75) is 56.2 Å². The Morgan fingerprint density at radius 3 is 2.73 bits per heavy atom. The summed E-state index contributed by atoms with van der Waals surface area (Å²) in [5.41, 5.74) is 2.12. The minimum absolute atomic E-state index is 0.103. The Hall–Kier alpha value is -2.26. The van der Waals surface area contributed by atoms with E-state index in [4.69, 9.17) is 9.84 Å². The molecule has 162 valence electrons. The molecule has 0 spiro atoms. The molecule has 0 bridgehead atoms. The number of ether oxygens (including phenoxy) is 1. The van der Waals surface area contributed by atoms with Crippen molar-refractivity contribution >= 4 is 15.7 Å². The van der Waals surface area contributed by atoms with Crippen LogP contribution in [0, 0.1) is 0 Å². The zero-order valence-electron chi connectivity index (χ0n) is 17.5. The summed E-state index contributed by atoms with van der Waals surface area (Å²) >= 11 is 0. The van der Waals surface area contributed by atoms with E-state index >= 15 is 0 Å². The van der Waals surface area contributed by atoms with Gasteiger partial charge in [0, 0.05) is 36.6 Å². The highest BCUT2D eigenvalue weighted by Gasteiger charge is 2.38. The number of amides is 1. The second-order valence-electron chi connectivity index (χ2n) is 7.86. The van der Waals surface area contributed by atoms with Gasteiger partial charge >= 0.3 is 0 Å². The summed E-state index contributed by atoms with van der Waals surface area (Å²) in [5.74, 6) is -0.442. The van der Waals surface area contributed by atoms with Crippen LogP contribution in [0.15, 0.2) is 23.4 Å². The van der Waals surface area contributed by atoms with Crippen molar-refractivity contribution in [3.05, 3.63) is 29.7 Å². The molecule has 8 nitrogen and oxygen atoms in total. The van der Waals surface area contributed by atoms with Gasteiger partial charge in [-0.05, 0) is 18.9 Å². The van der Waals surface area contributed by atoms with Crippen LogP contribution in [-0.4, -0.2) is 60.3 Å². The summed E-state index contributed by atoms with van der Waals surface area (Å²) in [5, 5.41) is 4.76. The first-order valence-electron chi connectivity index (χ1n) is 10.6. The number of unbranched alkanes of at least 4 members (excludes halogenated alkanes) is 1. The van der Waals surface area contributed by atoms with Crippen LogP contribution in [0.5, 0.6) is 0 Å². The molecule has 2 aromatic rings. The van der Waals surface area contributed by atoms with Crippen LogP contribution >= 0.6 is 0 Å². The molecule has 1 unspecified atom stereocenters. The summed E-state index contributed by atoms with van der Waals surface area (Å²) in [6.45, 7) is 6.18. The summed E-state index contributed by atoms with van der Waals surface area (Å²) in [6, 6.07) is 1.82. The number of hydrogen-bond donors (Lipinski definition) is 0. The fraction of sp³-hybridized carbons (Fsp3) is 0.571. The average molecular weight is 433 g/mol. The molecule has 0 saturated carbocycles. The molecule has 0 aromatic carbocycles. The van der Waals surface area contributed by atoms with Crippen molar-refractivity contribution in [2.24, 2.45) is 0 Å². The topological polar surface area (TPSA) is 94.4 Å². The fourth-order valence-electron chi connectivity index (χ4n) is 4.27. The van der Waals surface area contributed by atoms with E-state index < -0.39 is 9.84 Å². The predicted octanol–water partition coefficient (Wildman–Crippen LogP) is 2.85. The SMILES string of the molecule is CCCCC(CC)n1nc(C(=O)N2CCOCC2)c2c1-c1ccncc1S(=O)(=O)C2. The number of fused-ring (bicyclic) bond motifs is 3. The number of sulfone groups is 1. The molecule has 0 N–H and O–H groups in total. The van der Waals surface area contributed by atoms with Gasteiger partial charge in [0.2, 0.25) is 0 Å². The highest BCUT2D eigenvalue weighted by Crippen LogP contribution is 2.41. The van der Waals surface area contributed by atoms with Crippen LogP contribution in [0.3, 0.4) is 0 Å². The minimum atomic E-state index is -3.59. The normalized spacial score (nSPS) is 18.5.